The zero-order valence-electron chi connectivity index (χ0n) is 19.0. The molecule has 1 N–H and O–H groups in total. The van der Waals surface area contributed by atoms with Gasteiger partial charge in [0.15, 0.2) is 0 Å². The first-order valence-electron chi connectivity index (χ1n) is 11.3. The number of ether oxygens (including phenoxy) is 1. The van der Waals surface area contributed by atoms with E-state index < -0.39 is 26.7 Å². The van der Waals surface area contributed by atoms with Gasteiger partial charge in [0.2, 0.25) is 15.9 Å². The van der Waals surface area contributed by atoms with Gasteiger partial charge in [-0.2, -0.15) is 4.31 Å². The predicted molar refractivity (Wildman–Crippen MR) is 124 cm³/mol. The van der Waals surface area contributed by atoms with Crippen LogP contribution in [-0.4, -0.2) is 68.8 Å². The number of hydrogen-bond donors (Lipinski definition) is 1. The van der Waals surface area contributed by atoms with E-state index in [2.05, 4.69) is 5.32 Å². The average molecular weight is 490 g/mol. The number of carbonyl (C=O) groups excluding carboxylic acids is 2. The van der Waals surface area contributed by atoms with E-state index in [1.165, 1.54) is 10.4 Å². The van der Waals surface area contributed by atoms with Crippen molar-refractivity contribution >= 4 is 27.5 Å². The van der Waals surface area contributed by atoms with Gasteiger partial charge < -0.3 is 15.0 Å². The lowest BCUT2D eigenvalue weighted by Gasteiger charge is -2.32. The molecule has 2 aliphatic rings. The summed E-state index contributed by atoms with van der Waals surface area (Å²) in [5, 5.41) is 2.71. The minimum Gasteiger partial charge on any atom is -0.379 e. The third-order valence-electron chi connectivity index (χ3n) is 6.16. The Balaban J connectivity index is 1.45. The maximum Gasteiger partial charge on any atom is 0.253 e. The van der Waals surface area contributed by atoms with Gasteiger partial charge in [0.25, 0.3) is 5.91 Å². The summed E-state index contributed by atoms with van der Waals surface area (Å²) in [5.41, 5.74) is 1.82. The van der Waals surface area contributed by atoms with Gasteiger partial charge >= 0.3 is 0 Å². The van der Waals surface area contributed by atoms with Gasteiger partial charge in [0, 0.05) is 37.4 Å². The van der Waals surface area contributed by atoms with Crippen molar-refractivity contribution in [3.8, 4) is 0 Å². The monoisotopic (exact) mass is 489 g/mol. The summed E-state index contributed by atoms with van der Waals surface area (Å²) in [6, 6.07) is 10.8. The number of rotatable bonds is 5. The van der Waals surface area contributed by atoms with Gasteiger partial charge in [0.1, 0.15) is 10.7 Å². The maximum absolute atomic E-state index is 14.4. The van der Waals surface area contributed by atoms with Crippen LogP contribution in [0.3, 0.4) is 0 Å². The summed E-state index contributed by atoms with van der Waals surface area (Å²) < 4.78 is 46.6. The molecular formula is C24H28FN3O5S. The van der Waals surface area contributed by atoms with Gasteiger partial charge in [-0.05, 0) is 50.1 Å². The number of benzene rings is 2. The molecule has 0 aliphatic carbocycles. The lowest BCUT2D eigenvalue weighted by molar-refractivity contribution is -0.121. The molecule has 1 atom stereocenters. The number of halogens is 1. The molecule has 1 unspecified atom stereocenters. The lowest BCUT2D eigenvalue weighted by Crippen LogP contribution is -2.43. The van der Waals surface area contributed by atoms with Crippen molar-refractivity contribution < 1.29 is 27.1 Å². The minimum atomic E-state index is -4.06. The molecule has 34 heavy (non-hydrogen) atoms. The molecular weight excluding hydrogens is 461 g/mol. The maximum atomic E-state index is 14.4. The van der Waals surface area contributed by atoms with Crippen LogP contribution in [0, 0.1) is 18.7 Å². The van der Waals surface area contributed by atoms with Gasteiger partial charge in [-0.25, -0.2) is 12.8 Å². The van der Waals surface area contributed by atoms with Crippen LogP contribution < -0.4 is 5.32 Å². The van der Waals surface area contributed by atoms with Crippen LogP contribution in [0.5, 0.6) is 0 Å². The van der Waals surface area contributed by atoms with E-state index in [1.807, 2.05) is 19.1 Å². The minimum absolute atomic E-state index is 0.127. The Kier molecular flexibility index (Phi) is 7.30. The second kappa shape index (κ2) is 10.2. The SMILES string of the molecule is Cc1ccc(C(=O)N2CCCC(C(=O)Nc3ccc(F)c(S(=O)(=O)N4CCOCC4)c3)C2)cc1. The molecule has 4 rings (SSSR count). The first-order chi connectivity index (χ1) is 16.3. The summed E-state index contributed by atoms with van der Waals surface area (Å²) in [6.45, 7) is 3.56. The van der Waals surface area contributed by atoms with Crippen molar-refractivity contribution in [1.29, 1.82) is 0 Å². The highest BCUT2D eigenvalue weighted by molar-refractivity contribution is 7.89. The molecule has 182 valence electrons. The number of anilines is 1. The highest BCUT2D eigenvalue weighted by Crippen LogP contribution is 2.26. The molecule has 2 amide bonds. The number of carbonyl (C=O) groups is 2. The van der Waals surface area contributed by atoms with Crippen molar-refractivity contribution in [1.82, 2.24) is 9.21 Å². The number of hydrogen-bond acceptors (Lipinski definition) is 5. The molecule has 2 aliphatic heterocycles. The van der Waals surface area contributed by atoms with E-state index in [-0.39, 0.29) is 50.3 Å². The van der Waals surface area contributed by atoms with Crippen molar-refractivity contribution in [3.05, 3.63) is 59.4 Å². The zero-order valence-corrected chi connectivity index (χ0v) is 19.8. The summed E-state index contributed by atoms with van der Waals surface area (Å²) >= 11 is 0. The second-order valence-electron chi connectivity index (χ2n) is 8.61. The standard InChI is InChI=1S/C24H28FN3O5S/c1-17-4-6-18(7-5-17)24(30)27-10-2-3-19(16-27)23(29)26-20-8-9-21(25)22(15-20)34(31,32)28-11-13-33-14-12-28/h4-9,15,19H,2-3,10-14,16H2,1H3,(H,26,29). The molecule has 2 heterocycles. The number of likely N-dealkylation sites (tertiary alicyclic amines) is 1. The molecule has 0 radical (unpaired) electrons. The highest BCUT2D eigenvalue weighted by atomic mass is 32.2. The number of nitrogens with zero attached hydrogens (tertiary/aromatic N) is 2. The third-order valence-corrected chi connectivity index (χ3v) is 8.08. The summed E-state index contributed by atoms with van der Waals surface area (Å²) in [4.78, 5) is 27.0. The van der Waals surface area contributed by atoms with Crippen molar-refractivity contribution in [3.63, 3.8) is 0 Å². The van der Waals surface area contributed by atoms with Crippen LogP contribution in [0.1, 0.15) is 28.8 Å². The van der Waals surface area contributed by atoms with E-state index in [0.717, 1.165) is 17.7 Å². The van der Waals surface area contributed by atoms with Crippen molar-refractivity contribution in [2.45, 2.75) is 24.7 Å². The number of morpholine rings is 1. The van der Waals surface area contributed by atoms with Crippen molar-refractivity contribution in [2.75, 3.05) is 44.7 Å². The van der Waals surface area contributed by atoms with Crippen molar-refractivity contribution in [2.24, 2.45) is 5.92 Å². The van der Waals surface area contributed by atoms with Gasteiger partial charge in [-0.15, -0.1) is 0 Å². The molecule has 0 saturated carbocycles. The molecule has 2 fully saturated rings. The van der Waals surface area contributed by atoms with E-state index in [0.29, 0.717) is 24.9 Å². The fourth-order valence-corrected chi connectivity index (χ4v) is 5.70. The number of sulfonamides is 1. The molecule has 2 aromatic carbocycles. The first-order valence-corrected chi connectivity index (χ1v) is 12.7. The number of nitrogens with one attached hydrogen (secondary N) is 1. The summed E-state index contributed by atoms with van der Waals surface area (Å²) in [6.07, 6.45) is 1.28. The van der Waals surface area contributed by atoms with E-state index >= 15 is 0 Å². The average Bonchev–Trinajstić information content (AvgIpc) is 2.85. The Labute approximate surface area is 198 Å². The highest BCUT2D eigenvalue weighted by Gasteiger charge is 2.31. The van der Waals surface area contributed by atoms with Crippen LogP contribution >= 0.6 is 0 Å². The van der Waals surface area contributed by atoms with Crippen LogP contribution in [0.15, 0.2) is 47.4 Å². The predicted octanol–water partition coefficient (Wildman–Crippen LogP) is 2.65. The Hall–Kier alpha value is -2.82. The Morgan fingerprint density at radius 2 is 1.76 bits per heavy atom. The third kappa shape index (κ3) is 5.29. The molecule has 0 spiro atoms. The van der Waals surface area contributed by atoms with Crippen LogP contribution in [0.2, 0.25) is 0 Å². The quantitative estimate of drug-likeness (QED) is 0.697. The molecule has 0 bridgehead atoms. The lowest BCUT2D eigenvalue weighted by atomic mass is 9.96. The number of aryl methyl sites for hydroxylation is 1. The normalized spacial score (nSPS) is 19.6. The fraction of sp³-hybridized carbons (Fsp3) is 0.417. The topological polar surface area (TPSA) is 96.0 Å². The number of piperidine rings is 1. The molecule has 8 nitrogen and oxygen atoms in total. The summed E-state index contributed by atoms with van der Waals surface area (Å²) in [5.74, 6) is -1.79. The molecule has 10 heteroatoms. The van der Waals surface area contributed by atoms with Crippen LogP contribution in [-0.2, 0) is 19.6 Å². The Morgan fingerprint density at radius 1 is 1.06 bits per heavy atom. The fourth-order valence-electron chi connectivity index (χ4n) is 4.20. The van der Waals surface area contributed by atoms with Gasteiger partial charge in [-0.1, -0.05) is 17.7 Å². The van der Waals surface area contributed by atoms with E-state index in [1.54, 1.807) is 17.0 Å². The molecule has 0 aromatic heterocycles. The Bertz CT molecular complexity index is 1160. The van der Waals surface area contributed by atoms with E-state index in [9.17, 15) is 22.4 Å². The molecule has 2 saturated heterocycles. The van der Waals surface area contributed by atoms with Crippen LogP contribution in [0.4, 0.5) is 10.1 Å². The van der Waals surface area contributed by atoms with E-state index in [4.69, 9.17) is 4.74 Å². The Morgan fingerprint density at radius 3 is 2.47 bits per heavy atom. The zero-order chi connectivity index (χ0) is 24.3. The van der Waals surface area contributed by atoms with Crippen LogP contribution in [0.25, 0.3) is 0 Å². The first kappa shape index (κ1) is 24.3. The summed E-state index contributed by atoms with van der Waals surface area (Å²) in [7, 11) is -4.06. The number of amides is 2. The molecule has 2 aromatic rings. The van der Waals surface area contributed by atoms with Gasteiger partial charge in [-0.3, -0.25) is 9.59 Å². The second-order valence-corrected chi connectivity index (χ2v) is 10.5. The largest absolute Gasteiger partial charge is 0.379 e. The van der Waals surface area contributed by atoms with Gasteiger partial charge in [0.05, 0.1) is 19.1 Å². The smallest absolute Gasteiger partial charge is 0.253 e.